The van der Waals surface area contributed by atoms with Gasteiger partial charge in [0, 0.05) is 13.8 Å². The molecule has 0 aromatic heterocycles. The Morgan fingerprint density at radius 2 is 1.92 bits per heavy atom. The Morgan fingerprint density at radius 1 is 1.16 bits per heavy atom. The van der Waals surface area contributed by atoms with Crippen LogP contribution in [-0.4, -0.2) is 44.2 Å². The molecule has 1 aromatic carbocycles. The molecule has 0 radical (unpaired) electrons. The molecule has 1 aromatic rings. The first-order valence-electron chi connectivity index (χ1n) is 7.84. The van der Waals surface area contributed by atoms with Crippen molar-refractivity contribution in [3.63, 3.8) is 0 Å². The molecule has 1 aliphatic heterocycles. The van der Waals surface area contributed by atoms with Crippen molar-refractivity contribution >= 4 is 11.9 Å². The highest BCUT2D eigenvalue weighted by Crippen LogP contribution is 2.26. The van der Waals surface area contributed by atoms with Crippen LogP contribution in [0.25, 0.3) is 0 Å². The fourth-order valence-electron chi connectivity index (χ4n) is 2.33. The van der Waals surface area contributed by atoms with E-state index >= 15 is 0 Å². The monoisotopic (exact) mass is 350 g/mol. The third kappa shape index (κ3) is 5.49. The van der Waals surface area contributed by atoms with Crippen molar-refractivity contribution in [2.24, 2.45) is 0 Å². The lowest BCUT2D eigenvalue weighted by Gasteiger charge is -2.31. The van der Waals surface area contributed by atoms with Gasteiger partial charge >= 0.3 is 11.9 Å². The second kappa shape index (κ2) is 8.53. The van der Waals surface area contributed by atoms with Gasteiger partial charge in [-0.1, -0.05) is 0 Å². The smallest absolute Gasteiger partial charge is 0.303 e. The van der Waals surface area contributed by atoms with Gasteiger partial charge in [-0.25, -0.2) is 0 Å². The number of carbonyl (C=O) groups is 2. The van der Waals surface area contributed by atoms with Crippen LogP contribution in [0.2, 0.25) is 0 Å². The largest absolute Gasteiger partial charge is 0.497 e. The summed E-state index contributed by atoms with van der Waals surface area (Å²) in [5.41, 5.74) is 0.884. The number of rotatable bonds is 6. The Balaban J connectivity index is 2.08. The van der Waals surface area contributed by atoms with E-state index in [2.05, 4.69) is 0 Å². The molecule has 0 amide bonds. The van der Waals surface area contributed by atoms with Gasteiger partial charge in [0.05, 0.1) is 7.11 Å². The number of hydrogen-bond donors (Lipinski definition) is 0. The van der Waals surface area contributed by atoms with Crippen molar-refractivity contribution in [1.29, 1.82) is 0 Å². The van der Waals surface area contributed by atoms with Crippen molar-refractivity contribution < 1.29 is 33.3 Å². The molecule has 2 rings (SSSR count). The van der Waals surface area contributed by atoms with E-state index in [4.69, 9.17) is 23.7 Å². The summed E-state index contributed by atoms with van der Waals surface area (Å²) < 4.78 is 26.9. The Morgan fingerprint density at radius 3 is 2.52 bits per heavy atom. The lowest BCUT2D eigenvalue weighted by Crippen LogP contribution is -2.43. The van der Waals surface area contributed by atoms with E-state index in [0.717, 1.165) is 11.3 Å². The zero-order valence-electron chi connectivity index (χ0n) is 14.7. The Labute approximate surface area is 146 Å². The summed E-state index contributed by atoms with van der Waals surface area (Å²) in [6.45, 7) is 4.45. The lowest BCUT2D eigenvalue weighted by molar-refractivity contribution is -0.178. The Bertz CT molecular complexity index is 653. The van der Waals surface area contributed by atoms with Crippen molar-refractivity contribution in [3.8, 4) is 11.5 Å². The topological polar surface area (TPSA) is 80.3 Å². The van der Waals surface area contributed by atoms with Gasteiger partial charge in [-0.3, -0.25) is 9.59 Å². The van der Waals surface area contributed by atoms with E-state index in [-0.39, 0.29) is 6.61 Å². The summed E-state index contributed by atoms with van der Waals surface area (Å²) in [5.74, 6) is 0.472. The van der Waals surface area contributed by atoms with Crippen molar-refractivity contribution in [3.05, 3.63) is 35.9 Å². The average Bonchev–Trinajstić information content (AvgIpc) is 2.56. The predicted octanol–water partition coefficient (Wildman–Crippen LogP) is 2.16. The van der Waals surface area contributed by atoms with Crippen LogP contribution in [0.3, 0.4) is 0 Å². The molecule has 0 spiro atoms. The molecule has 0 bridgehead atoms. The summed E-state index contributed by atoms with van der Waals surface area (Å²) in [4.78, 5) is 22.3. The minimum Gasteiger partial charge on any atom is -0.497 e. The van der Waals surface area contributed by atoms with E-state index in [9.17, 15) is 9.59 Å². The van der Waals surface area contributed by atoms with Crippen LogP contribution in [0.4, 0.5) is 0 Å². The van der Waals surface area contributed by atoms with Crippen LogP contribution >= 0.6 is 0 Å². The van der Waals surface area contributed by atoms with Crippen molar-refractivity contribution in [2.75, 3.05) is 13.7 Å². The predicted molar refractivity (Wildman–Crippen MR) is 88.3 cm³/mol. The van der Waals surface area contributed by atoms with E-state index < -0.39 is 30.4 Å². The number of esters is 2. The molecule has 0 N–H and O–H groups in total. The number of aryl methyl sites for hydroxylation is 1. The third-order valence-corrected chi connectivity index (χ3v) is 3.51. The van der Waals surface area contributed by atoms with Crippen LogP contribution in [0, 0.1) is 6.92 Å². The maximum atomic E-state index is 11.2. The second-order valence-corrected chi connectivity index (χ2v) is 5.55. The zero-order valence-corrected chi connectivity index (χ0v) is 14.7. The summed E-state index contributed by atoms with van der Waals surface area (Å²) >= 11 is 0. The van der Waals surface area contributed by atoms with Gasteiger partial charge in [-0.15, -0.1) is 0 Å². The third-order valence-electron chi connectivity index (χ3n) is 3.51. The van der Waals surface area contributed by atoms with Crippen LogP contribution in [0.1, 0.15) is 19.4 Å². The van der Waals surface area contributed by atoms with E-state index in [0.29, 0.717) is 5.75 Å². The molecule has 1 heterocycles. The maximum Gasteiger partial charge on any atom is 0.303 e. The molecule has 7 heteroatoms. The zero-order chi connectivity index (χ0) is 18.4. The molecular weight excluding hydrogens is 328 g/mol. The molecule has 0 saturated heterocycles. The second-order valence-electron chi connectivity index (χ2n) is 5.55. The average molecular weight is 350 g/mol. The first-order valence-corrected chi connectivity index (χ1v) is 7.84. The molecular formula is C18H22O7. The molecule has 3 atom stereocenters. The molecule has 0 fully saturated rings. The summed E-state index contributed by atoms with van der Waals surface area (Å²) in [7, 11) is 1.59. The van der Waals surface area contributed by atoms with Gasteiger partial charge in [-0.05, 0) is 42.8 Å². The van der Waals surface area contributed by atoms with Gasteiger partial charge < -0.3 is 23.7 Å². The standard InChI is InChI=1S/C18H22O7/c1-11-9-14(21-4)5-6-15(11)24-18-8-7-16(23-13(3)20)17(25-18)10-22-12(2)19/h5-9,16-18H,10H2,1-4H3/t16-,17+,18-/m0/s1. The maximum absolute atomic E-state index is 11.2. The normalized spacial score (nSPS) is 22.2. The summed E-state index contributed by atoms with van der Waals surface area (Å²) in [6, 6.07) is 5.41. The SMILES string of the molecule is COc1ccc(O[C@@H]2C=C[C@H](OC(C)=O)[C@@H](COC(C)=O)O2)c(C)c1. The fraction of sp³-hybridized carbons (Fsp3) is 0.444. The first-order chi connectivity index (χ1) is 11.9. The highest BCUT2D eigenvalue weighted by molar-refractivity contribution is 5.66. The molecule has 7 nitrogen and oxygen atoms in total. The fourth-order valence-corrected chi connectivity index (χ4v) is 2.33. The molecule has 0 aliphatic carbocycles. The number of ether oxygens (including phenoxy) is 5. The highest BCUT2D eigenvalue weighted by atomic mass is 16.7. The summed E-state index contributed by atoms with van der Waals surface area (Å²) in [5, 5.41) is 0. The number of methoxy groups -OCH3 is 1. The van der Waals surface area contributed by atoms with Gasteiger partial charge in [0.2, 0.25) is 6.29 Å². The number of carbonyl (C=O) groups excluding carboxylic acids is 2. The molecule has 0 unspecified atom stereocenters. The van der Waals surface area contributed by atoms with Gasteiger partial charge in [-0.2, -0.15) is 0 Å². The molecule has 136 valence electrons. The molecule has 0 saturated carbocycles. The van der Waals surface area contributed by atoms with Crippen molar-refractivity contribution in [2.45, 2.75) is 39.3 Å². The number of benzene rings is 1. The first kappa shape index (κ1) is 18.8. The molecule has 1 aliphatic rings. The minimum atomic E-state index is -0.695. The number of hydrogen-bond acceptors (Lipinski definition) is 7. The Hall–Kier alpha value is -2.54. The van der Waals surface area contributed by atoms with E-state index in [1.54, 1.807) is 31.4 Å². The van der Waals surface area contributed by atoms with Crippen LogP contribution in [-0.2, 0) is 23.8 Å². The minimum absolute atomic E-state index is 0.0426. The van der Waals surface area contributed by atoms with E-state index in [1.807, 2.05) is 13.0 Å². The van der Waals surface area contributed by atoms with Crippen LogP contribution in [0.5, 0.6) is 11.5 Å². The molecule has 25 heavy (non-hydrogen) atoms. The van der Waals surface area contributed by atoms with Crippen molar-refractivity contribution in [1.82, 2.24) is 0 Å². The van der Waals surface area contributed by atoms with E-state index in [1.165, 1.54) is 13.8 Å². The Kier molecular flexibility index (Phi) is 6.41. The van der Waals surface area contributed by atoms with Crippen LogP contribution in [0.15, 0.2) is 30.4 Å². The highest BCUT2D eigenvalue weighted by Gasteiger charge is 2.31. The van der Waals surface area contributed by atoms with Gasteiger partial charge in [0.25, 0.3) is 0 Å². The summed E-state index contributed by atoms with van der Waals surface area (Å²) in [6.07, 6.45) is 1.33. The van der Waals surface area contributed by atoms with Gasteiger partial charge in [0.15, 0.2) is 0 Å². The van der Waals surface area contributed by atoms with Gasteiger partial charge in [0.1, 0.15) is 30.3 Å². The van der Waals surface area contributed by atoms with Crippen LogP contribution < -0.4 is 9.47 Å². The quantitative estimate of drug-likeness (QED) is 0.574. The lowest BCUT2D eigenvalue weighted by atomic mass is 10.1.